The number of Topliss-reactive ketones (excluding diaryl/α,β-unsaturated/α-hetero) is 1. The minimum atomic E-state index is -1.13. The second kappa shape index (κ2) is 7.54. The van der Waals surface area contributed by atoms with Gasteiger partial charge < -0.3 is 15.2 Å². The molecule has 0 aliphatic rings. The molecular formula is C18H19NO4. The van der Waals surface area contributed by atoms with Crippen molar-refractivity contribution in [3.8, 4) is 0 Å². The van der Waals surface area contributed by atoms with Gasteiger partial charge in [0.25, 0.3) is 0 Å². The molecule has 0 spiro atoms. The SMILES string of the molecule is CC(=O)CC[C@@H](NC(=O)Cc1ccc2ccccc2c1)C(=O)O. The fourth-order valence-electron chi connectivity index (χ4n) is 2.38. The van der Waals surface area contributed by atoms with Gasteiger partial charge in [-0.2, -0.15) is 0 Å². The van der Waals surface area contributed by atoms with Crippen LogP contribution < -0.4 is 5.32 Å². The van der Waals surface area contributed by atoms with Crippen LogP contribution in [-0.4, -0.2) is 28.8 Å². The van der Waals surface area contributed by atoms with Gasteiger partial charge in [0.15, 0.2) is 0 Å². The Kier molecular flexibility index (Phi) is 5.46. The molecule has 0 fully saturated rings. The highest BCUT2D eigenvalue weighted by molar-refractivity contribution is 5.87. The van der Waals surface area contributed by atoms with E-state index >= 15 is 0 Å². The number of hydrogen-bond acceptors (Lipinski definition) is 3. The van der Waals surface area contributed by atoms with Crippen LogP contribution in [0.5, 0.6) is 0 Å². The maximum atomic E-state index is 12.0. The van der Waals surface area contributed by atoms with Gasteiger partial charge in [0.05, 0.1) is 6.42 Å². The van der Waals surface area contributed by atoms with Gasteiger partial charge in [-0.3, -0.25) is 4.79 Å². The summed E-state index contributed by atoms with van der Waals surface area (Å²) in [5.74, 6) is -1.59. The highest BCUT2D eigenvalue weighted by Crippen LogP contribution is 2.16. The van der Waals surface area contributed by atoms with Gasteiger partial charge in [0.1, 0.15) is 11.8 Å². The molecule has 2 N–H and O–H groups in total. The highest BCUT2D eigenvalue weighted by atomic mass is 16.4. The third-order valence-corrected chi connectivity index (χ3v) is 3.60. The minimum Gasteiger partial charge on any atom is -0.480 e. The molecule has 0 unspecified atom stereocenters. The first-order valence-electron chi connectivity index (χ1n) is 7.45. The summed E-state index contributed by atoms with van der Waals surface area (Å²) in [6.45, 7) is 1.40. The third-order valence-electron chi connectivity index (χ3n) is 3.60. The normalized spacial score (nSPS) is 11.9. The topological polar surface area (TPSA) is 83.5 Å². The number of carboxylic acid groups (broad SMARTS) is 1. The van der Waals surface area contributed by atoms with Gasteiger partial charge in [0, 0.05) is 6.42 Å². The number of rotatable bonds is 7. The van der Waals surface area contributed by atoms with Crippen LogP contribution in [0.4, 0.5) is 0 Å². The van der Waals surface area contributed by atoms with Crippen LogP contribution in [0.25, 0.3) is 10.8 Å². The number of fused-ring (bicyclic) bond motifs is 1. The first-order valence-corrected chi connectivity index (χ1v) is 7.45. The predicted octanol–water partition coefficient (Wildman–Crippen LogP) is 2.32. The second-order valence-electron chi connectivity index (χ2n) is 5.56. The summed E-state index contributed by atoms with van der Waals surface area (Å²) in [6, 6.07) is 12.5. The Balaban J connectivity index is 2.01. The molecule has 0 aliphatic heterocycles. The summed E-state index contributed by atoms with van der Waals surface area (Å²) >= 11 is 0. The molecule has 0 radical (unpaired) electrons. The molecule has 2 aromatic carbocycles. The average Bonchev–Trinajstić information content (AvgIpc) is 2.50. The molecule has 0 aromatic heterocycles. The lowest BCUT2D eigenvalue weighted by Gasteiger charge is -2.14. The molecule has 1 atom stereocenters. The molecule has 0 heterocycles. The number of aliphatic carboxylic acids is 1. The van der Waals surface area contributed by atoms with Crippen LogP contribution in [0.1, 0.15) is 25.3 Å². The van der Waals surface area contributed by atoms with Crippen molar-refractivity contribution in [1.82, 2.24) is 5.32 Å². The molecule has 2 rings (SSSR count). The van der Waals surface area contributed by atoms with E-state index in [1.165, 1.54) is 6.92 Å². The van der Waals surface area contributed by atoms with Crippen LogP contribution in [0.2, 0.25) is 0 Å². The Bertz CT molecular complexity index is 739. The van der Waals surface area contributed by atoms with E-state index in [4.69, 9.17) is 5.11 Å². The van der Waals surface area contributed by atoms with E-state index in [1.54, 1.807) is 0 Å². The Hall–Kier alpha value is -2.69. The van der Waals surface area contributed by atoms with E-state index < -0.39 is 12.0 Å². The molecule has 1 amide bonds. The maximum absolute atomic E-state index is 12.0. The molecule has 0 saturated carbocycles. The number of nitrogens with one attached hydrogen (secondary N) is 1. The number of benzene rings is 2. The van der Waals surface area contributed by atoms with E-state index in [0.717, 1.165) is 16.3 Å². The zero-order valence-electron chi connectivity index (χ0n) is 12.9. The number of carboxylic acids is 1. The van der Waals surface area contributed by atoms with E-state index in [0.29, 0.717) is 0 Å². The van der Waals surface area contributed by atoms with E-state index in [-0.39, 0.29) is 31.0 Å². The van der Waals surface area contributed by atoms with Crippen LogP contribution in [-0.2, 0) is 20.8 Å². The summed E-state index contributed by atoms with van der Waals surface area (Å²) in [4.78, 5) is 34.2. The summed E-state index contributed by atoms with van der Waals surface area (Å²) in [6.07, 6.45) is 0.343. The molecule has 0 saturated heterocycles. The molecule has 2 aromatic rings. The predicted molar refractivity (Wildman–Crippen MR) is 87.1 cm³/mol. The lowest BCUT2D eigenvalue weighted by molar-refractivity contribution is -0.142. The van der Waals surface area contributed by atoms with Crippen molar-refractivity contribution in [2.75, 3.05) is 0 Å². The van der Waals surface area contributed by atoms with Crippen molar-refractivity contribution in [3.63, 3.8) is 0 Å². The van der Waals surface area contributed by atoms with Crippen LogP contribution in [0.15, 0.2) is 42.5 Å². The molecular weight excluding hydrogens is 294 g/mol. The average molecular weight is 313 g/mol. The zero-order valence-corrected chi connectivity index (χ0v) is 12.9. The van der Waals surface area contributed by atoms with Gasteiger partial charge in [-0.05, 0) is 29.7 Å². The van der Waals surface area contributed by atoms with Gasteiger partial charge in [-0.15, -0.1) is 0 Å². The standard InChI is InChI=1S/C18H19NO4/c1-12(20)6-9-16(18(22)23)19-17(21)11-13-7-8-14-4-2-3-5-15(14)10-13/h2-5,7-8,10,16H,6,9,11H2,1H3,(H,19,21)(H,22,23)/t16-/m1/s1. The monoisotopic (exact) mass is 313 g/mol. The van der Waals surface area contributed by atoms with Crippen LogP contribution in [0.3, 0.4) is 0 Å². The van der Waals surface area contributed by atoms with E-state index in [2.05, 4.69) is 5.32 Å². The van der Waals surface area contributed by atoms with Gasteiger partial charge in [-0.25, -0.2) is 4.79 Å². The maximum Gasteiger partial charge on any atom is 0.326 e. The highest BCUT2D eigenvalue weighted by Gasteiger charge is 2.20. The Labute approximate surface area is 134 Å². The lowest BCUT2D eigenvalue weighted by Crippen LogP contribution is -2.41. The minimum absolute atomic E-state index is 0.0972. The summed E-state index contributed by atoms with van der Waals surface area (Å²) in [5.41, 5.74) is 0.817. The molecule has 120 valence electrons. The number of ketones is 1. The second-order valence-corrected chi connectivity index (χ2v) is 5.56. The van der Waals surface area contributed by atoms with Crippen molar-refractivity contribution in [3.05, 3.63) is 48.0 Å². The third kappa shape index (κ3) is 4.92. The van der Waals surface area contributed by atoms with Crippen molar-refractivity contribution < 1.29 is 19.5 Å². The Morgan fingerprint density at radius 3 is 2.43 bits per heavy atom. The number of carbonyl (C=O) groups excluding carboxylic acids is 2. The van der Waals surface area contributed by atoms with E-state index in [1.807, 2.05) is 42.5 Å². The fourth-order valence-corrected chi connectivity index (χ4v) is 2.38. The molecule has 23 heavy (non-hydrogen) atoms. The Morgan fingerprint density at radius 1 is 1.09 bits per heavy atom. The van der Waals surface area contributed by atoms with Crippen molar-refractivity contribution >= 4 is 28.4 Å². The summed E-state index contributed by atoms with van der Waals surface area (Å²) in [7, 11) is 0. The summed E-state index contributed by atoms with van der Waals surface area (Å²) in [5, 5.41) is 13.7. The molecule has 0 bridgehead atoms. The zero-order chi connectivity index (χ0) is 16.8. The number of hydrogen-bond donors (Lipinski definition) is 2. The Morgan fingerprint density at radius 2 is 1.78 bits per heavy atom. The first-order chi connectivity index (χ1) is 11.0. The molecule has 0 aliphatic carbocycles. The molecule has 5 heteroatoms. The number of amides is 1. The van der Waals surface area contributed by atoms with Gasteiger partial charge >= 0.3 is 5.97 Å². The van der Waals surface area contributed by atoms with Crippen molar-refractivity contribution in [2.45, 2.75) is 32.2 Å². The van der Waals surface area contributed by atoms with Crippen LogP contribution in [0, 0.1) is 0 Å². The largest absolute Gasteiger partial charge is 0.480 e. The quantitative estimate of drug-likeness (QED) is 0.821. The van der Waals surface area contributed by atoms with Gasteiger partial charge in [0.2, 0.25) is 5.91 Å². The van der Waals surface area contributed by atoms with Gasteiger partial charge in [-0.1, -0.05) is 42.5 Å². The van der Waals surface area contributed by atoms with Crippen molar-refractivity contribution in [1.29, 1.82) is 0 Å². The smallest absolute Gasteiger partial charge is 0.326 e. The van der Waals surface area contributed by atoms with E-state index in [9.17, 15) is 14.4 Å². The lowest BCUT2D eigenvalue weighted by atomic mass is 10.0. The van der Waals surface area contributed by atoms with Crippen LogP contribution >= 0.6 is 0 Å². The van der Waals surface area contributed by atoms with Crippen molar-refractivity contribution in [2.24, 2.45) is 0 Å². The fraction of sp³-hybridized carbons (Fsp3) is 0.278. The number of carbonyl (C=O) groups is 3. The molecule has 5 nitrogen and oxygen atoms in total. The first kappa shape index (κ1) is 16.7. The summed E-state index contributed by atoms with van der Waals surface area (Å²) < 4.78 is 0.